The molecule has 2 aromatic heterocycles. The van der Waals surface area contributed by atoms with Crippen LogP contribution >= 0.6 is 0 Å². The van der Waals surface area contributed by atoms with Crippen LogP contribution in [-0.2, 0) is 11.0 Å². The molecule has 4 rings (SSSR count). The third-order valence-corrected chi connectivity index (χ3v) is 4.68. The smallest absolute Gasteiger partial charge is 0.334 e. The summed E-state index contributed by atoms with van der Waals surface area (Å²) >= 11 is 0. The van der Waals surface area contributed by atoms with Crippen molar-refractivity contribution in [2.24, 2.45) is 0 Å². The summed E-state index contributed by atoms with van der Waals surface area (Å²) in [5.41, 5.74) is -0.137. The number of nitrogens with one attached hydrogen (secondary N) is 1. The number of hydrogen-bond donors (Lipinski definition) is 1. The Bertz CT molecular complexity index is 1330. The summed E-state index contributed by atoms with van der Waals surface area (Å²) in [5, 5.41) is 2.70. The lowest BCUT2D eigenvalue weighted by Gasteiger charge is -2.12. The largest absolute Gasteiger partial charge is 0.416 e. The van der Waals surface area contributed by atoms with E-state index < -0.39 is 23.2 Å². The van der Waals surface area contributed by atoms with E-state index in [9.17, 15) is 22.5 Å². The van der Waals surface area contributed by atoms with E-state index in [4.69, 9.17) is 0 Å². The normalized spacial score (nSPS) is 11.6. The Morgan fingerprint density at radius 3 is 2.53 bits per heavy atom. The van der Waals surface area contributed by atoms with Crippen molar-refractivity contribution in [1.82, 2.24) is 14.5 Å². The Morgan fingerprint density at radius 2 is 1.81 bits per heavy atom. The van der Waals surface area contributed by atoms with Gasteiger partial charge in [-0.05, 0) is 31.2 Å². The standard InChI is InChI=1S/C21H16F4N5O2/c1-12-26-15-5-3-4-6-17(15)29(12)20-11-14(22)10-19(28-20)27-16-8-7-13(21(23,24)25)9-18(16)30(31)32-2/h3-11H,1-2H3,(H,27,28)/q+1. The number of hydrogen-bond acceptors (Lipinski definition) is 5. The number of imidazole rings is 1. The number of aromatic nitrogens is 3. The number of nitrogens with zero attached hydrogens (tertiary/aromatic N) is 4. The van der Waals surface area contributed by atoms with Gasteiger partial charge in [-0.15, -0.1) is 0 Å². The molecule has 2 heterocycles. The molecule has 164 valence electrons. The number of halogens is 4. The maximum absolute atomic E-state index is 14.4. The van der Waals surface area contributed by atoms with Gasteiger partial charge in [0, 0.05) is 18.2 Å². The van der Waals surface area contributed by atoms with E-state index in [2.05, 4.69) is 20.1 Å². The predicted molar refractivity (Wildman–Crippen MR) is 109 cm³/mol. The van der Waals surface area contributed by atoms with Crippen LogP contribution in [0.4, 0.5) is 34.8 Å². The molecule has 4 aromatic rings. The highest BCUT2D eigenvalue weighted by Crippen LogP contribution is 2.36. The molecule has 32 heavy (non-hydrogen) atoms. The number of para-hydroxylation sites is 2. The number of pyridine rings is 1. The van der Waals surface area contributed by atoms with E-state index in [0.29, 0.717) is 22.9 Å². The summed E-state index contributed by atoms with van der Waals surface area (Å²) in [6, 6.07) is 12.0. The van der Waals surface area contributed by atoms with Crippen molar-refractivity contribution in [2.45, 2.75) is 13.1 Å². The second kappa shape index (κ2) is 7.91. The van der Waals surface area contributed by atoms with E-state index in [0.717, 1.165) is 25.3 Å². The molecule has 0 saturated heterocycles. The summed E-state index contributed by atoms with van der Waals surface area (Å²) < 4.78 is 55.3. The highest BCUT2D eigenvalue weighted by Gasteiger charge is 2.34. The van der Waals surface area contributed by atoms with Crippen molar-refractivity contribution in [2.75, 3.05) is 12.4 Å². The molecule has 1 N–H and O–H groups in total. The number of anilines is 2. The van der Waals surface area contributed by atoms with Crippen molar-refractivity contribution >= 4 is 28.2 Å². The number of alkyl halides is 3. The van der Waals surface area contributed by atoms with Gasteiger partial charge in [0.25, 0.3) is 4.92 Å². The summed E-state index contributed by atoms with van der Waals surface area (Å²) in [5.74, 6) is 0.102. The molecule has 11 heteroatoms. The molecular weight excluding hydrogens is 430 g/mol. The van der Waals surface area contributed by atoms with Crippen LogP contribution in [0, 0.1) is 17.6 Å². The number of rotatable bonds is 5. The zero-order valence-electron chi connectivity index (χ0n) is 16.8. The molecule has 7 nitrogen and oxygen atoms in total. The quantitative estimate of drug-likeness (QED) is 0.319. The SMILES string of the molecule is CO[N+](=O)c1cc(C(F)(F)F)ccc1Nc1cc(F)cc(-n2c(C)nc3ccccc32)n1. The third-order valence-electron chi connectivity index (χ3n) is 4.68. The highest BCUT2D eigenvalue weighted by molar-refractivity contribution is 5.78. The molecule has 2 aromatic carbocycles. The average molecular weight is 446 g/mol. The van der Waals surface area contributed by atoms with E-state index in [-0.39, 0.29) is 22.2 Å². The Kier molecular flexibility index (Phi) is 5.25. The van der Waals surface area contributed by atoms with Crippen molar-refractivity contribution in [3.05, 3.63) is 76.7 Å². The molecule has 0 aliphatic rings. The van der Waals surface area contributed by atoms with Gasteiger partial charge in [-0.25, -0.2) is 19.2 Å². The Hall–Kier alpha value is -4.02. The molecule has 0 aliphatic carbocycles. The van der Waals surface area contributed by atoms with Crippen LogP contribution in [0.5, 0.6) is 0 Å². The van der Waals surface area contributed by atoms with Crippen LogP contribution in [0.3, 0.4) is 0 Å². The minimum atomic E-state index is -4.66. The molecule has 0 bridgehead atoms. The first-order valence-electron chi connectivity index (χ1n) is 9.29. The van der Waals surface area contributed by atoms with Gasteiger partial charge in [0.1, 0.15) is 29.0 Å². The van der Waals surface area contributed by atoms with Gasteiger partial charge in [-0.2, -0.15) is 13.2 Å². The van der Waals surface area contributed by atoms with Gasteiger partial charge in [-0.3, -0.25) is 4.57 Å². The maximum Gasteiger partial charge on any atom is 0.416 e. The lowest BCUT2D eigenvalue weighted by Crippen LogP contribution is -2.09. The summed E-state index contributed by atoms with van der Waals surface area (Å²) in [6.45, 7) is 1.74. The predicted octanol–water partition coefficient (Wildman–Crippen LogP) is 5.60. The molecular formula is C21H16F4N5O2+. The number of benzene rings is 2. The van der Waals surface area contributed by atoms with Crippen LogP contribution in [0.15, 0.2) is 54.6 Å². The number of aryl methyl sites for hydroxylation is 1. The summed E-state index contributed by atoms with van der Waals surface area (Å²) in [4.78, 5) is 25.2. The summed E-state index contributed by atoms with van der Waals surface area (Å²) in [7, 11) is 1.02. The highest BCUT2D eigenvalue weighted by atomic mass is 19.4. The first kappa shape index (κ1) is 21.2. The molecule has 0 unspecified atom stereocenters. The fraction of sp³-hybridized carbons (Fsp3) is 0.143. The topological polar surface area (TPSA) is 72.1 Å². The summed E-state index contributed by atoms with van der Waals surface area (Å²) in [6.07, 6.45) is -4.66. The molecule has 0 fully saturated rings. The van der Waals surface area contributed by atoms with Gasteiger partial charge in [-0.1, -0.05) is 12.1 Å². The lowest BCUT2D eigenvalue weighted by atomic mass is 10.1. The first-order valence-corrected chi connectivity index (χ1v) is 9.29. The molecule has 0 spiro atoms. The van der Waals surface area contributed by atoms with Gasteiger partial charge in [0.2, 0.25) is 0 Å². The molecule has 0 amide bonds. The fourth-order valence-corrected chi connectivity index (χ4v) is 3.30. The lowest BCUT2D eigenvalue weighted by molar-refractivity contribution is -0.736. The van der Waals surface area contributed by atoms with E-state index >= 15 is 0 Å². The van der Waals surface area contributed by atoms with Gasteiger partial charge in [0.15, 0.2) is 7.11 Å². The van der Waals surface area contributed by atoms with Crippen LogP contribution in [0.1, 0.15) is 11.4 Å². The van der Waals surface area contributed by atoms with Gasteiger partial charge in [0.05, 0.1) is 21.5 Å². The zero-order chi connectivity index (χ0) is 23.0. The van der Waals surface area contributed by atoms with Crippen LogP contribution in [0.2, 0.25) is 0 Å². The van der Waals surface area contributed by atoms with E-state index in [1.165, 1.54) is 6.07 Å². The first-order chi connectivity index (χ1) is 15.2. The Balaban J connectivity index is 1.79. The minimum Gasteiger partial charge on any atom is -0.334 e. The molecule has 0 aliphatic heterocycles. The fourth-order valence-electron chi connectivity index (χ4n) is 3.30. The minimum absolute atomic E-state index is 0.0253. The van der Waals surface area contributed by atoms with Gasteiger partial charge >= 0.3 is 11.9 Å². The second-order valence-corrected chi connectivity index (χ2v) is 6.81. The van der Waals surface area contributed by atoms with Crippen molar-refractivity contribution in [3.63, 3.8) is 0 Å². The van der Waals surface area contributed by atoms with Crippen molar-refractivity contribution in [1.29, 1.82) is 0 Å². The van der Waals surface area contributed by atoms with Crippen LogP contribution < -0.4 is 5.32 Å². The van der Waals surface area contributed by atoms with E-state index in [1.807, 2.05) is 6.07 Å². The molecule has 0 atom stereocenters. The second-order valence-electron chi connectivity index (χ2n) is 6.81. The molecule has 0 radical (unpaired) electrons. The number of fused-ring (bicyclic) bond motifs is 1. The Morgan fingerprint density at radius 1 is 1.06 bits per heavy atom. The third kappa shape index (κ3) is 3.96. The van der Waals surface area contributed by atoms with Crippen molar-refractivity contribution in [3.8, 4) is 5.82 Å². The maximum atomic E-state index is 14.4. The van der Waals surface area contributed by atoms with Crippen molar-refractivity contribution < 1.29 is 27.3 Å². The average Bonchev–Trinajstić information content (AvgIpc) is 3.08. The van der Waals surface area contributed by atoms with Crippen LogP contribution in [0.25, 0.3) is 16.9 Å². The van der Waals surface area contributed by atoms with E-state index in [1.54, 1.807) is 29.7 Å². The molecule has 0 saturated carbocycles. The Labute approximate surface area is 178 Å². The zero-order valence-corrected chi connectivity index (χ0v) is 16.8. The van der Waals surface area contributed by atoms with Gasteiger partial charge < -0.3 is 5.32 Å². The monoisotopic (exact) mass is 446 g/mol. The van der Waals surface area contributed by atoms with Crippen LogP contribution in [-0.4, -0.2) is 26.6 Å².